The molecule has 0 heterocycles. The predicted molar refractivity (Wildman–Crippen MR) is 80.9 cm³/mol. The van der Waals surface area contributed by atoms with Gasteiger partial charge in [0, 0.05) is 19.7 Å². The lowest BCUT2D eigenvalue weighted by atomic mass is 10.1. The van der Waals surface area contributed by atoms with E-state index in [9.17, 15) is 13.5 Å². The molecule has 118 valence electrons. The van der Waals surface area contributed by atoms with Gasteiger partial charge < -0.3 is 9.84 Å². The van der Waals surface area contributed by atoms with Gasteiger partial charge in [0.1, 0.15) is 5.75 Å². The second kappa shape index (κ2) is 6.77. The third-order valence-corrected chi connectivity index (χ3v) is 5.82. The molecule has 0 radical (unpaired) electrons. The van der Waals surface area contributed by atoms with Gasteiger partial charge in [0.05, 0.1) is 12.0 Å². The molecular formula is C15H23NO4S. The summed E-state index contributed by atoms with van der Waals surface area (Å²) >= 11 is 0. The van der Waals surface area contributed by atoms with E-state index in [1.807, 2.05) is 6.92 Å². The predicted octanol–water partition coefficient (Wildman–Crippen LogP) is 1.65. The fourth-order valence-electron chi connectivity index (χ4n) is 2.37. The molecule has 0 saturated heterocycles. The van der Waals surface area contributed by atoms with E-state index >= 15 is 0 Å². The number of aliphatic hydroxyl groups excluding tert-OH is 1. The van der Waals surface area contributed by atoms with Crippen molar-refractivity contribution in [3.8, 4) is 5.75 Å². The lowest BCUT2D eigenvalue weighted by molar-refractivity contribution is 0.298. The van der Waals surface area contributed by atoms with Crippen LogP contribution in [0.1, 0.15) is 25.3 Å². The van der Waals surface area contributed by atoms with Gasteiger partial charge in [-0.1, -0.05) is 6.92 Å². The van der Waals surface area contributed by atoms with Crippen molar-refractivity contribution in [1.29, 1.82) is 0 Å². The summed E-state index contributed by atoms with van der Waals surface area (Å²) in [7, 11) is -1.98. The van der Waals surface area contributed by atoms with Crippen LogP contribution < -0.4 is 4.74 Å². The summed E-state index contributed by atoms with van der Waals surface area (Å²) in [6.07, 6.45) is 2.52. The van der Waals surface area contributed by atoms with Crippen LogP contribution in [-0.4, -0.2) is 44.6 Å². The van der Waals surface area contributed by atoms with Gasteiger partial charge in [0.15, 0.2) is 0 Å². The molecule has 0 unspecified atom stereocenters. The van der Waals surface area contributed by atoms with E-state index in [0.29, 0.717) is 36.7 Å². The fraction of sp³-hybridized carbons (Fsp3) is 0.600. The van der Waals surface area contributed by atoms with Crippen LogP contribution in [0.3, 0.4) is 0 Å². The molecule has 1 aromatic carbocycles. The Morgan fingerprint density at radius 2 is 2.10 bits per heavy atom. The number of sulfonamides is 1. The van der Waals surface area contributed by atoms with Crippen molar-refractivity contribution < 1.29 is 18.3 Å². The maximum Gasteiger partial charge on any atom is 0.243 e. The summed E-state index contributed by atoms with van der Waals surface area (Å²) in [5.41, 5.74) is 0.603. The second-order valence-corrected chi connectivity index (χ2v) is 7.25. The summed E-state index contributed by atoms with van der Waals surface area (Å²) < 4.78 is 32.3. The minimum absolute atomic E-state index is 0.0928. The average molecular weight is 313 g/mol. The van der Waals surface area contributed by atoms with E-state index < -0.39 is 10.0 Å². The molecule has 0 aliphatic heterocycles. The Kier molecular flexibility index (Phi) is 5.24. The fourth-order valence-corrected chi connectivity index (χ4v) is 4.13. The molecule has 21 heavy (non-hydrogen) atoms. The molecule has 5 nitrogen and oxygen atoms in total. The molecule has 1 aromatic rings. The molecule has 1 fully saturated rings. The first-order valence-corrected chi connectivity index (χ1v) is 8.74. The number of benzene rings is 1. The highest BCUT2D eigenvalue weighted by Crippen LogP contribution is 2.32. The number of ether oxygens (including phenoxy) is 1. The van der Waals surface area contributed by atoms with Crippen LogP contribution in [0.5, 0.6) is 5.75 Å². The molecule has 1 aliphatic carbocycles. The lowest BCUT2D eigenvalue weighted by Gasteiger charge is -2.22. The zero-order chi connectivity index (χ0) is 15.5. The number of hydrogen-bond acceptors (Lipinski definition) is 4. The van der Waals surface area contributed by atoms with Gasteiger partial charge in [0.2, 0.25) is 10.0 Å². The van der Waals surface area contributed by atoms with Crippen LogP contribution >= 0.6 is 0 Å². The highest BCUT2D eigenvalue weighted by Gasteiger charge is 2.31. The van der Waals surface area contributed by atoms with Gasteiger partial charge in [-0.2, -0.15) is 4.31 Å². The van der Waals surface area contributed by atoms with Crippen LogP contribution in [-0.2, 0) is 16.4 Å². The van der Waals surface area contributed by atoms with Gasteiger partial charge in [-0.25, -0.2) is 8.42 Å². The topological polar surface area (TPSA) is 66.8 Å². The molecule has 1 N–H and O–H groups in total. The Labute approximate surface area is 126 Å². The monoisotopic (exact) mass is 313 g/mol. The SMILES string of the molecule is CCN(CC1CC1)S(=O)(=O)c1ccc(OC)cc1CCO. The largest absolute Gasteiger partial charge is 0.497 e. The molecular weight excluding hydrogens is 290 g/mol. The average Bonchev–Trinajstić information content (AvgIpc) is 3.28. The van der Waals surface area contributed by atoms with Crippen LogP contribution in [0.2, 0.25) is 0 Å². The normalized spacial score (nSPS) is 15.4. The lowest BCUT2D eigenvalue weighted by Crippen LogP contribution is -2.33. The van der Waals surface area contributed by atoms with E-state index in [2.05, 4.69) is 0 Å². The second-order valence-electron chi connectivity index (χ2n) is 5.35. The zero-order valence-electron chi connectivity index (χ0n) is 12.6. The Balaban J connectivity index is 2.36. The van der Waals surface area contributed by atoms with Gasteiger partial charge in [0.25, 0.3) is 0 Å². The summed E-state index contributed by atoms with van der Waals surface area (Å²) in [5, 5.41) is 9.18. The third-order valence-electron chi connectivity index (χ3n) is 3.78. The first-order chi connectivity index (χ1) is 10.0. The Hall–Kier alpha value is -1.11. The highest BCUT2D eigenvalue weighted by molar-refractivity contribution is 7.89. The summed E-state index contributed by atoms with van der Waals surface area (Å²) in [6, 6.07) is 4.92. The van der Waals surface area contributed by atoms with Gasteiger partial charge in [-0.3, -0.25) is 0 Å². The van der Waals surface area contributed by atoms with E-state index in [4.69, 9.17) is 4.74 Å². The highest BCUT2D eigenvalue weighted by atomic mass is 32.2. The number of nitrogens with zero attached hydrogens (tertiary/aromatic N) is 1. The maximum absolute atomic E-state index is 12.8. The number of hydrogen-bond donors (Lipinski definition) is 1. The van der Waals surface area contributed by atoms with Crippen LogP contribution in [0.25, 0.3) is 0 Å². The minimum Gasteiger partial charge on any atom is -0.497 e. The molecule has 1 aliphatic rings. The molecule has 0 spiro atoms. The Bertz CT molecular complexity index is 581. The molecule has 1 saturated carbocycles. The van der Waals surface area contributed by atoms with Crippen molar-refractivity contribution in [1.82, 2.24) is 4.31 Å². The standard InChI is InChI=1S/C15H23NO4S/c1-3-16(11-12-4-5-12)21(18,19)15-7-6-14(20-2)10-13(15)8-9-17/h6-7,10,12,17H,3-5,8-9,11H2,1-2H3. The zero-order valence-corrected chi connectivity index (χ0v) is 13.4. The van der Waals surface area contributed by atoms with Crippen molar-refractivity contribution in [2.75, 3.05) is 26.8 Å². The van der Waals surface area contributed by atoms with Gasteiger partial charge in [-0.05, 0) is 48.9 Å². The smallest absolute Gasteiger partial charge is 0.243 e. The number of rotatable bonds is 8. The molecule has 2 rings (SSSR count). The third kappa shape index (κ3) is 3.75. The first-order valence-electron chi connectivity index (χ1n) is 7.30. The van der Waals surface area contributed by atoms with Crippen molar-refractivity contribution in [2.24, 2.45) is 5.92 Å². The van der Waals surface area contributed by atoms with Crippen molar-refractivity contribution in [3.63, 3.8) is 0 Å². The van der Waals surface area contributed by atoms with Crippen LogP contribution in [0.15, 0.2) is 23.1 Å². The van der Waals surface area contributed by atoms with E-state index in [-0.39, 0.29) is 11.5 Å². The summed E-state index contributed by atoms with van der Waals surface area (Å²) in [5.74, 6) is 1.10. The molecule has 6 heteroatoms. The quantitative estimate of drug-likeness (QED) is 0.792. The van der Waals surface area contributed by atoms with Crippen molar-refractivity contribution in [3.05, 3.63) is 23.8 Å². The Morgan fingerprint density at radius 1 is 1.38 bits per heavy atom. The number of aliphatic hydroxyl groups is 1. The van der Waals surface area contributed by atoms with Crippen LogP contribution in [0, 0.1) is 5.92 Å². The van der Waals surface area contributed by atoms with Crippen LogP contribution in [0.4, 0.5) is 0 Å². The van der Waals surface area contributed by atoms with E-state index in [1.54, 1.807) is 18.2 Å². The molecule has 0 bridgehead atoms. The number of methoxy groups -OCH3 is 1. The van der Waals surface area contributed by atoms with Gasteiger partial charge >= 0.3 is 0 Å². The van der Waals surface area contributed by atoms with E-state index in [1.165, 1.54) is 11.4 Å². The van der Waals surface area contributed by atoms with Gasteiger partial charge in [-0.15, -0.1) is 0 Å². The first kappa shape index (κ1) is 16.3. The maximum atomic E-state index is 12.8. The molecule has 0 aromatic heterocycles. The van der Waals surface area contributed by atoms with Crippen molar-refractivity contribution >= 4 is 10.0 Å². The van der Waals surface area contributed by atoms with E-state index in [0.717, 1.165) is 12.8 Å². The Morgan fingerprint density at radius 3 is 2.62 bits per heavy atom. The molecule has 0 amide bonds. The molecule has 0 atom stereocenters. The summed E-state index contributed by atoms with van der Waals surface area (Å²) in [4.78, 5) is 0.278. The van der Waals surface area contributed by atoms with Crippen molar-refractivity contribution in [2.45, 2.75) is 31.1 Å². The minimum atomic E-state index is -3.52. The summed E-state index contributed by atoms with van der Waals surface area (Å²) in [6.45, 7) is 2.81.